The van der Waals surface area contributed by atoms with Gasteiger partial charge in [-0.3, -0.25) is 14.4 Å². The minimum absolute atomic E-state index is 0.00229. The molecule has 3 unspecified atom stereocenters. The number of para-hydroxylation sites is 1. The van der Waals surface area contributed by atoms with Crippen molar-refractivity contribution in [3.63, 3.8) is 0 Å². The van der Waals surface area contributed by atoms with Crippen LogP contribution in [-0.4, -0.2) is 76.1 Å². The highest BCUT2D eigenvalue weighted by Crippen LogP contribution is 2.69. The van der Waals surface area contributed by atoms with Crippen LogP contribution in [0, 0.1) is 31.6 Å². The highest BCUT2D eigenvalue weighted by molar-refractivity contribution is 8.02. The Bertz CT molecular complexity index is 1470. The minimum atomic E-state index is -0.845. The van der Waals surface area contributed by atoms with Crippen LogP contribution < -0.4 is 14.5 Å². The number of carbonyl (C=O) groups is 3. The van der Waals surface area contributed by atoms with Crippen molar-refractivity contribution in [1.82, 2.24) is 4.90 Å². The third-order valence-corrected chi connectivity index (χ3v) is 12.2. The summed E-state index contributed by atoms with van der Waals surface area (Å²) in [5, 5.41) is 10.4. The lowest BCUT2D eigenvalue weighted by Crippen LogP contribution is -2.59. The van der Waals surface area contributed by atoms with E-state index in [1.165, 1.54) is 0 Å². The first kappa shape index (κ1) is 33.8. The summed E-state index contributed by atoms with van der Waals surface area (Å²) in [5.74, 6) is -1.16. The number of ether oxygens (including phenoxy) is 1. The van der Waals surface area contributed by atoms with Crippen LogP contribution in [0.5, 0.6) is 5.75 Å². The molecule has 8 nitrogen and oxygen atoms in total. The van der Waals surface area contributed by atoms with Crippen molar-refractivity contribution >= 4 is 40.9 Å². The van der Waals surface area contributed by atoms with Crippen LogP contribution in [-0.2, 0) is 14.4 Å². The smallest absolute Gasteiger partial charge is 0.251 e. The fraction of sp³-hybridized carbons (Fsp3) is 0.486. The Hall–Kier alpha value is -3.56. The number of benzene rings is 2. The van der Waals surface area contributed by atoms with Crippen LogP contribution in [0.1, 0.15) is 44.7 Å². The van der Waals surface area contributed by atoms with Gasteiger partial charge in [0.1, 0.15) is 11.8 Å². The SMILES string of the molecule is C=CCN(C(=O)[C@@H]1[C@@H]2CC(C)C3(S2)C(C(=O)N(CC=C)c2c(C)cccc2C)N([C@@H](CC)CO)C(=O)[C@H]13)c1ccc(OCC)cc1. The number of aliphatic hydroxyl groups excluding tert-OH is 1. The molecule has 0 saturated carbocycles. The molecular weight excluding hydrogens is 598 g/mol. The number of nitrogens with zero attached hydrogens (tertiary/aromatic N) is 3. The normalized spacial score (nSPS) is 26.9. The summed E-state index contributed by atoms with van der Waals surface area (Å²) in [6, 6.07) is 11.9. The first-order valence-corrected chi connectivity index (χ1v) is 17.2. The van der Waals surface area contributed by atoms with Gasteiger partial charge >= 0.3 is 0 Å². The molecule has 3 saturated heterocycles. The average Bonchev–Trinajstić information content (AvgIpc) is 3.64. The zero-order valence-electron chi connectivity index (χ0n) is 27.6. The molecule has 246 valence electrons. The van der Waals surface area contributed by atoms with Gasteiger partial charge in [0, 0.05) is 29.7 Å². The van der Waals surface area contributed by atoms with Gasteiger partial charge in [0.05, 0.1) is 35.8 Å². The molecule has 5 rings (SSSR count). The van der Waals surface area contributed by atoms with Crippen LogP contribution in [0.2, 0.25) is 0 Å². The average molecular weight is 646 g/mol. The van der Waals surface area contributed by atoms with E-state index in [4.69, 9.17) is 4.74 Å². The summed E-state index contributed by atoms with van der Waals surface area (Å²) in [5.41, 5.74) is 3.41. The van der Waals surface area contributed by atoms with E-state index in [-0.39, 0.29) is 48.6 Å². The molecule has 1 spiro atoms. The number of anilines is 2. The number of aryl methyl sites for hydroxylation is 2. The zero-order chi connectivity index (χ0) is 33.3. The number of carbonyl (C=O) groups excluding carboxylic acids is 3. The maximum Gasteiger partial charge on any atom is 0.251 e. The molecular formula is C37H47N3O5S. The fourth-order valence-electron chi connectivity index (χ4n) is 8.15. The Morgan fingerprint density at radius 1 is 1.07 bits per heavy atom. The maximum absolute atomic E-state index is 15.1. The van der Waals surface area contributed by atoms with Gasteiger partial charge in [-0.1, -0.05) is 44.2 Å². The fourth-order valence-corrected chi connectivity index (χ4v) is 10.5. The summed E-state index contributed by atoms with van der Waals surface area (Å²) < 4.78 is 4.79. The van der Waals surface area contributed by atoms with Gasteiger partial charge in [-0.2, -0.15) is 0 Å². The van der Waals surface area contributed by atoms with Crippen LogP contribution in [0.25, 0.3) is 0 Å². The first-order chi connectivity index (χ1) is 22.1. The highest BCUT2D eigenvalue weighted by atomic mass is 32.2. The topological polar surface area (TPSA) is 90.4 Å². The Kier molecular flexibility index (Phi) is 10.0. The second kappa shape index (κ2) is 13.7. The number of hydrogen-bond acceptors (Lipinski definition) is 6. The molecule has 3 fully saturated rings. The van der Waals surface area contributed by atoms with Crippen LogP contribution in [0.15, 0.2) is 67.8 Å². The first-order valence-electron chi connectivity index (χ1n) is 16.3. The molecule has 3 heterocycles. The molecule has 7 atom stereocenters. The van der Waals surface area contributed by atoms with E-state index in [1.54, 1.807) is 38.6 Å². The third kappa shape index (κ3) is 5.35. The second-order valence-electron chi connectivity index (χ2n) is 12.7. The largest absolute Gasteiger partial charge is 0.494 e. The number of fused-ring (bicyclic) bond motifs is 1. The van der Waals surface area contributed by atoms with Gasteiger partial charge in [-0.05, 0) is 74.9 Å². The van der Waals surface area contributed by atoms with E-state index in [0.29, 0.717) is 30.9 Å². The standard InChI is InChI=1S/C37H47N3O5S/c1-8-19-38(27-15-17-28(18-16-27)45-11-4)34(42)30-29-21-25(7)37(46-29)31(30)35(43)40(26(10-3)22-41)33(37)36(44)39(20-9-2)32-23(5)13-12-14-24(32)6/h8-9,12-18,25-26,29-31,33,41H,1-2,10-11,19-22H2,3-7H3/t25?,26-,29-,30+,31-,33?,37?/m0/s1. The van der Waals surface area contributed by atoms with Crippen molar-refractivity contribution in [2.75, 3.05) is 36.1 Å². The summed E-state index contributed by atoms with van der Waals surface area (Å²) in [4.78, 5) is 49.7. The molecule has 2 aromatic carbocycles. The second-order valence-corrected chi connectivity index (χ2v) is 14.2. The van der Waals surface area contributed by atoms with Crippen LogP contribution in [0.4, 0.5) is 11.4 Å². The number of aliphatic hydroxyl groups is 1. The Labute approximate surface area is 277 Å². The zero-order valence-corrected chi connectivity index (χ0v) is 28.5. The minimum Gasteiger partial charge on any atom is -0.494 e. The number of rotatable bonds is 13. The third-order valence-electron chi connectivity index (χ3n) is 10.1. The van der Waals surface area contributed by atoms with Gasteiger partial charge in [0.15, 0.2) is 0 Å². The highest BCUT2D eigenvalue weighted by Gasteiger charge is 2.77. The van der Waals surface area contributed by atoms with Gasteiger partial charge in [-0.25, -0.2) is 0 Å². The number of amides is 3. The quantitative estimate of drug-likeness (QED) is 0.288. The predicted molar refractivity (Wildman–Crippen MR) is 185 cm³/mol. The molecule has 46 heavy (non-hydrogen) atoms. The molecule has 3 aliphatic rings. The van der Waals surface area contributed by atoms with E-state index in [9.17, 15) is 14.7 Å². The number of hydrogen-bond donors (Lipinski definition) is 1. The van der Waals surface area contributed by atoms with E-state index in [0.717, 1.165) is 16.8 Å². The molecule has 0 aliphatic carbocycles. The van der Waals surface area contributed by atoms with Gasteiger partial charge in [0.2, 0.25) is 11.8 Å². The predicted octanol–water partition coefficient (Wildman–Crippen LogP) is 5.55. The van der Waals surface area contributed by atoms with E-state index in [1.807, 2.05) is 70.2 Å². The van der Waals surface area contributed by atoms with Crippen molar-refractivity contribution in [1.29, 1.82) is 0 Å². The summed E-state index contributed by atoms with van der Waals surface area (Å²) in [6.07, 6.45) is 4.60. The van der Waals surface area contributed by atoms with Crippen molar-refractivity contribution in [3.8, 4) is 5.75 Å². The Morgan fingerprint density at radius 3 is 2.26 bits per heavy atom. The van der Waals surface area contributed by atoms with E-state index in [2.05, 4.69) is 20.1 Å². The molecule has 3 amide bonds. The lowest BCUT2D eigenvalue weighted by Gasteiger charge is -2.42. The lowest BCUT2D eigenvalue weighted by molar-refractivity contribution is -0.142. The molecule has 0 radical (unpaired) electrons. The molecule has 0 aromatic heterocycles. The van der Waals surface area contributed by atoms with Crippen LogP contribution >= 0.6 is 11.8 Å². The van der Waals surface area contributed by atoms with Crippen molar-refractivity contribution in [3.05, 3.63) is 78.9 Å². The van der Waals surface area contributed by atoms with E-state index >= 15 is 4.79 Å². The van der Waals surface area contributed by atoms with Crippen LogP contribution in [0.3, 0.4) is 0 Å². The van der Waals surface area contributed by atoms with Gasteiger partial charge in [0.25, 0.3) is 5.91 Å². The Balaban J connectivity index is 1.61. The molecule has 9 heteroatoms. The number of thioether (sulfide) groups is 1. The molecule has 2 aromatic rings. The molecule has 2 bridgehead atoms. The van der Waals surface area contributed by atoms with E-state index < -0.39 is 28.7 Å². The van der Waals surface area contributed by atoms with Crippen molar-refractivity contribution in [2.24, 2.45) is 17.8 Å². The summed E-state index contributed by atoms with van der Waals surface area (Å²) in [6.45, 7) is 18.6. The Morgan fingerprint density at radius 2 is 1.70 bits per heavy atom. The number of likely N-dealkylation sites (tertiary alicyclic amines) is 1. The monoisotopic (exact) mass is 645 g/mol. The maximum atomic E-state index is 15.1. The van der Waals surface area contributed by atoms with Crippen molar-refractivity contribution in [2.45, 2.75) is 69.5 Å². The van der Waals surface area contributed by atoms with Gasteiger partial charge in [-0.15, -0.1) is 24.9 Å². The van der Waals surface area contributed by atoms with Crippen molar-refractivity contribution < 1.29 is 24.2 Å². The molecule has 1 N–H and O–H groups in total. The summed E-state index contributed by atoms with van der Waals surface area (Å²) >= 11 is 1.64. The van der Waals surface area contributed by atoms with Gasteiger partial charge < -0.3 is 24.5 Å². The lowest BCUT2D eigenvalue weighted by atomic mass is 9.65. The molecule has 3 aliphatic heterocycles. The summed E-state index contributed by atoms with van der Waals surface area (Å²) in [7, 11) is 0.